The molecule has 1 aromatic carbocycles. The van der Waals surface area contributed by atoms with Crippen molar-refractivity contribution in [1.29, 1.82) is 0 Å². The van der Waals surface area contributed by atoms with Crippen LogP contribution in [0, 0.1) is 5.82 Å². The van der Waals surface area contributed by atoms with Gasteiger partial charge in [-0.05, 0) is 37.1 Å². The summed E-state index contributed by atoms with van der Waals surface area (Å²) in [5.41, 5.74) is 1.82. The van der Waals surface area contributed by atoms with Crippen LogP contribution < -0.4 is 5.32 Å². The standard InChI is InChI=1S/C13H18FNO/c1-16-9-10-5-6-12(14)11(8-10)13-4-2-3-7-15-13/h5-6,8,13,15H,2-4,7,9H2,1H3. The first-order valence-electron chi connectivity index (χ1n) is 5.82. The Kier molecular flexibility index (Phi) is 3.91. The molecule has 16 heavy (non-hydrogen) atoms. The Morgan fingerprint density at radius 1 is 1.44 bits per heavy atom. The summed E-state index contributed by atoms with van der Waals surface area (Å²) >= 11 is 0. The second-order valence-electron chi connectivity index (χ2n) is 4.29. The molecule has 0 aromatic heterocycles. The third-order valence-electron chi connectivity index (χ3n) is 3.06. The molecule has 1 heterocycles. The number of piperidine rings is 1. The van der Waals surface area contributed by atoms with Crippen LogP contribution >= 0.6 is 0 Å². The average Bonchev–Trinajstić information content (AvgIpc) is 2.33. The number of rotatable bonds is 3. The molecule has 1 N–H and O–H groups in total. The van der Waals surface area contributed by atoms with Crippen LogP contribution in [-0.4, -0.2) is 13.7 Å². The fraction of sp³-hybridized carbons (Fsp3) is 0.538. The Morgan fingerprint density at radius 2 is 2.31 bits per heavy atom. The zero-order valence-corrected chi connectivity index (χ0v) is 9.63. The highest BCUT2D eigenvalue weighted by Crippen LogP contribution is 2.26. The quantitative estimate of drug-likeness (QED) is 0.850. The molecule has 1 aliphatic heterocycles. The third kappa shape index (κ3) is 2.60. The van der Waals surface area contributed by atoms with Crippen LogP contribution in [0.4, 0.5) is 4.39 Å². The zero-order chi connectivity index (χ0) is 11.4. The second kappa shape index (κ2) is 5.41. The molecule has 0 saturated carbocycles. The summed E-state index contributed by atoms with van der Waals surface area (Å²) in [6, 6.07) is 5.41. The number of ether oxygens (including phenoxy) is 1. The van der Waals surface area contributed by atoms with E-state index in [2.05, 4.69) is 5.32 Å². The van der Waals surface area contributed by atoms with Gasteiger partial charge in [-0.2, -0.15) is 0 Å². The highest BCUT2D eigenvalue weighted by molar-refractivity contribution is 5.27. The van der Waals surface area contributed by atoms with Gasteiger partial charge in [-0.1, -0.05) is 12.5 Å². The zero-order valence-electron chi connectivity index (χ0n) is 9.63. The van der Waals surface area contributed by atoms with Gasteiger partial charge in [0.05, 0.1) is 6.61 Å². The van der Waals surface area contributed by atoms with E-state index in [1.165, 1.54) is 12.8 Å². The van der Waals surface area contributed by atoms with Gasteiger partial charge in [-0.25, -0.2) is 4.39 Å². The van der Waals surface area contributed by atoms with Crippen molar-refractivity contribution in [1.82, 2.24) is 5.32 Å². The molecule has 1 aliphatic rings. The van der Waals surface area contributed by atoms with E-state index in [0.29, 0.717) is 6.61 Å². The maximum Gasteiger partial charge on any atom is 0.127 e. The lowest BCUT2D eigenvalue weighted by Gasteiger charge is -2.24. The molecule has 0 bridgehead atoms. The van der Waals surface area contributed by atoms with Gasteiger partial charge in [-0.15, -0.1) is 0 Å². The summed E-state index contributed by atoms with van der Waals surface area (Å²) in [5, 5.41) is 3.36. The van der Waals surface area contributed by atoms with E-state index in [-0.39, 0.29) is 11.9 Å². The molecule has 0 spiro atoms. The molecule has 1 unspecified atom stereocenters. The van der Waals surface area contributed by atoms with Crippen molar-refractivity contribution in [3.63, 3.8) is 0 Å². The summed E-state index contributed by atoms with van der Waals surface area (Å²) < 4.78 is 18.8. The maximum atomic E-state index is 13.7. The molecular weight excluding hydrogens is 205 g/mol. The highest BCUT2D eigenvalue weighted by Gasteiger charge is 2.18. The predicted molar refractivity (Wildman–Crippen MR) is 61.7 cm³/mol. The molecule has 1 atom stereocenters. The predicted octanol–water partition coefficient (Wildman–Crippen LogP) is 2.79. The van der Waals surface area contributed by atoms with E-state index in [4.69, 9.17) is 4.74 Å². The minimum atomic E-state index is -0.112. The lowest BCUT2D eigenvalue weighted by Crippen LogP contribution is -2.27. The van der Waals surface area contributed by atoms with E-state index >= 15 is 0 Å². The summed E-state index contributed by atoms with van der Waals surface area (Å²) in [4.78, 5) is 0. The average molecular weight is 223 g/mol. The van der Waals surface area contributed by atoms with Gasteiger partial charge in [0.2, 0.25) is 0 Å². The van der Waals surface area contributed by atoms with Crippen molar-refractivity contribution in [2.45, 2.75) is 31.9 Å². The summed E-state index contributed by atoms with van der Waals surface area (Å²) in [7, 11) is 1.65. The monoisotopic (exact) mass is 223 g/mol. The molecule has 0 radical (unpaired) electrons. The van der Waals surface area contributed by atoms with Crippen LogP contribution in [0.2, 0.25) is 0 Å². The minimum Gasteiger partial charge on any atom is -0.380 e. The fourth-order valence-corrected chi connectivity index (χ4v) is 2.23. The molecule has 2 nitrogen and oxygen atoms in total. The van der Waals surface area contributed by atoms with Crippen molar-refractivity contribution < 1.29 is 9.13 Å². The Bertz CT molecular complexity index is 348. The number of nitrogens with one attached hydrogen (secondary N) is 1. The number of benzene rings is 1. The number of hydrogen-bond acceptors (Lipinski definition) is 2. The Morgan fingerprint density at radius 3 is 3.00 bits per heavy atom. The van der Waals surface area contributed by atoms with Gasteiger partial charge in [0.1, 0.15) is 5.82 Å². The summed E-state index contributed by atoms with van der Waals surface area (Å²) in [5.74, 6) is -0.112. The molecule has 3 heteroatoms. The van der Waals surface area contributed by atoms with Crippen LogP contribution in [0.1, 0.15) is 36.4 Å². The fourth-order valence-electron chi connectivity index (χ4n) is 2.23. The highest BCUT2D eigenvalue weighted by atomic mass is 19.1. The molecule has 1 aromatic rings. The van der Waals surface area contributed by atoms with Crippen molar-refractivity contribution in [3.8, 4) is 0 Å². The number of halogens is 1. The van der Waals surface area contributed by atoms with Gasteiger partial charge in [0, 0.05) is 18.7 Å². The van der Waals surface area contributed by atoms with Crippen molar-refractivity contribution in [2.24, 2.45) is 0 Å². The summed E-state index contributed by atoms with van der Waals surface area (Å²) in [6.07, 6.45) is 3.38. The molecule has 0 amide bonds. The normalized spacial score (nSPS) is 21.0. The number of hydrogen-bond donors (Lipinski definition) is 1. The van der Waals surface area contributed by atoms with Crippen LogP contribution in [-0.2, 0) is 11.3 Å². The van der Waals surface area contributed by atoms with E-state index in [1.807, 2.05) is 6.07 Å². The molecule has 1 saturated heterocycles. The number of methoxy groups -OCH3 is 1. The molecule has 1 fully saturated rings. The van der Waals surface area contributed by atoms with Gasteiger partial charge < -0.3 is 10.1 Å². The van der Waals surface area contributed by atoms with Crippen LogP contribution in [0.5, 0.6) is 0 Å². The topological polar surface area (TPSA) is 21.3 Å². The molecular formula is C13H18FNO. The van der Waals surface area contributed by atoms with Crippen LogP contribution in [0.25, 0.3) is 0 Å². The molecule has 2 rings (SSSR count). The Hall–Kier alpha value is -0.930. The van der Waals surface area contributed by atoms with E-state index in [9.17, 15) is 4.39 Å². The smallest absolute Gasteiger partial charge is 0.127 e. The van der Waals surface area contributed by atoms with E-state index in [1.54, 1.807) is 19.2 Å². The first kappa shape index (κ1) is 11.6. The Labute approximate surface area is 95.8 Å². The second-order valence-corrected chi connectivity index (χ2v) is 4.29. The van der Waals surface area contributed by atoms with Crippen molar-refractivity contribution >= 4 is 0 Å². The van der Waals surface area contributed by atoms with Crippen LogP contribution in [0.3, 0.4) is 0 Å². The first-order valence-corrected chi connectivity index (χ1v) is 5.82. The molecule has 0 aliphatic carbocycles. The van der Waals surface area contributed by atoms with Gasteiger partial charge >= 0.3 is 0 Å². The van der Waals surface area contributed by atoms with Crippen molar-refractivity contribution in [3.05, 3.63) is 35.1 Å². The first-order chi connectivity index (χ1) is 7.81. The minimum absolute atomic E-state index is 0.112. The SMILES string of the molecule is COCc1ccc(F)c(C2CCCCN2)c1. The summed E-state index contributed by atoms with van der Waals surface area (Å²) in [6.45, 7) is 1.53. The van der Waals surface area contributed by atoms with Crippen molar-refractivity contribution in [2.75, 3.05) is 13.7 Å². The van der Waals surface area contributed by atoms with E-state index < -0.39 is 0 Å². The largest absolute Gasteiger partial charge is 0.380 e. The van der Waals surface area contributed by atoms with Gasteiger partial charge in [-0.3, -0.25) is 0 Å². The van der Waals surface area contributed by atoms with Gasteiger partial charge in [0.15, 0.2) is 0 Å². The maximum absolute atomic E-state index is 13.7. The Balaban J connectivity index is 2.19. The van der Waals surface area contributed by atoms with E-state index in [0.717, 1.165) is 24.1 Å². The lowest BCUT2D eigenvalue weighted by molar-refractivity contribution is 0.184. The molecule has 88 valence electrons. The van der Waals surface area contributed by atoms with Gasteiger partial charge in [0.25, 0.3) is 0 Å². The third-order valence-corrected chi connectivity index (χ3v) is 3.06. The lowest BCUT2D eigenvalue weighted by atomic mass is 9.96. The van der Waals surface area contributed by atoms with Crippen LogP contribution in [0.15, 0.2) is 18.2 Å².